The largest absolute Gasteiger partial charge is 0.465 e. The zero-order chi connectivity index (χ0) is 11.9. The fourth-order valence-electron chi connectivity index (χ4n) is 2.82. The van der Waals surface area contributed by atoms with Crippen LogP contribution in [0.4, 0.5) is 0 Å². The van der Waals surface area contributed by atoms with Crippen molar-refractivity contribution in [2.24, 2.45) is 0 Å². The molecule has 1 saturated carbocycles. The first-order chi connectivity index (χ1) is 8.28. The minimum absolute atomic E-state index is 0.117. The highest BCUT2D eigenvalue weighted by atomic mass is 16.5. The van der Waals surface area contributed by atoms with Crippen molar-refractivity contribution in [2.75, 3.05) is 6.61 Å². The lowest BCUT2D eigenvalue weighted by Crippen LogP contribution is -2.45. The van der Waals surface area contributed by atoms with Crippen LogP contribution in [0.1, 0.15) is 44.3 Å². The molecule has 5 heteroatoms. The number of aryl methyl sites for hydroxylation is 1. The third kappa shape index (κ3) is 1.41. The topological polar surface area (TPSA) is 57.0 Å². The molecule has 3 rings (SSSR count). The second-order valence-electron chi connectivity index (χ2n) is 4.85. The number of aromatic nitrogens is 3. The Morgan fingerprint density at radius 1 is 1.41 bits per heavy atom. The summed E-state index contributed by atoms with van der Waals surface area (Å²) in [5.74, 6) is 1.75. The molecule has 1 aromatic rings. The summed E-state index contributed by atoms with van der Waals surface area (Å²) in [5, 5.41) is 8.44. The van der Waals surface area contributed by atoms with E-state index in [0.717, 1.165) is 50.3 Å². The molecule has 0 bridgehead atoms. The van der Waals surface area contributed by atoms with Crippen LogP contribution >= 0.6 is 0 Å². The first-order valence-electron chi connectivity index (χ1n) is 6.38. The number of carbonyl (C=O) groups is 1. The summed E-state index contributed by atoms with van der Waals surface area (Å²) >= 11 is 0. The highest BCUT2D eigenvalue weighted by Gasteiger charge is 2.51. The van der Waals surface area contributed by atoms with Gasteiger partial charge in [-0.2, -0.15) is 0 Å². The molecule has 0 radical (unpaired) electrons. The Balaban J connectivity index is 1.97. The number of ether oxygens (including phenoxy) is 1. The first kappa shape index (κ1) is 10.7. The highest BCUT2D eigenvalue weighted by molar-refractivity contribution is 5.83. The Labute approximate surface area is 100 Å². The fourth-order valence-corrected chi connectivity index (χ4v) is 2.82. The van der Waals surface area contributed by atoms with Gasteiger partial charge in [0, 0.05) is 13.0 Å². The van der Waals surface area contributed by atoms with Gasteiger partial charge in [0.15, 0.2) is 5.82 Å². The standard InChI is InChI=1S/C12H17N3O2/c1-2-17-11(16)12(6-4-7-12)10-14-13-9-5-3-8-15(9)10/h2-8H2,1H3. The summed E-state index contributed by atoms with van der Waals surface area (Å²) in [7, 11) is 0. The minimum Gasteiger partial charge on any atom is -0.465 e. The zero-order valence-corrected chi connectivity index (χ0v) is 10.1. The molecular formula is C12H17N3O2. The third-order valence-corrected chi connectivity index (χ3v) is 3.91. The van der Waals surface area contributed by atoms with E-state index in [1.165, 1.54) is 0 Å². The van der Waals surface area contributed by atoms with E-state index in [9.17, 15) is 4.79 Å². The Morgan fingerprint density at radius 3 is 2.88 bits per heavy atom. The Kier molecular flexibility index (Phi) is 2.42. The van der Waals surface area contributed by atoms with Crippen molar-refractivity contribution >= 4 is 5.97 Å². The van der Waals surface area contributed by atoms with Crippen LogP contribution in [0.3, 0.4) is 0 Å². The molecule has 92 valence electrons. The van der Waals surface area contributed by atoms with Crippen LogP contribution in [0.5, 0.6) is 0 Å². The van der Waals surface area contributed by atoms with Gasteiger partial charge < -0.3 is 9.30 Å². The quantitative estimate of drug-likeness (QED) is 0.739. The van der Waals surface area contributed by atoms with Crippen LogP contribution in [-0.4, -0.2) is 27.3 Å². The molecule has 1 aliphatic heterocycles. The van der Waals surface area contributed by atoms with Gasteiger partial charge in [-0.15, -0.1) is 10.2 Å². The summed E-state index contributed by atoms with van der Waals surface area (Å²) in [5.41, 5.74) is -0.494. The Morgan fingerprint density at radius 2 is 2.24 bits per heavy atom. The van der Waals surface area contributed by atoms with Gasteiger partial charge in [-0.3, -0.25) is 4.79 Å². The van der Waals surface area contributed by atoms with Gasteiger partial charge in [0.2, 0.25) is 0 Å². The van der Waals surface area contributed by atoms with Gasteiger partial charge in [0.25, 0.3) is 0 Å². The van der Waals surface area contributed by atoms with Gasteiger partial charge in [-0.1, -0.05) is 6.42 Å². The van der Waals surface area contributed by atoms with E-state index in [-0.39, 0.29) is 5.97 Å². The van der Waals surface area contributed by atoms with E-state index < -0.39 is 5.41 Å². The van der Waals surface area contributed by atoms with Crippen LogP contribution in [0.15, 0.2) is 0 Å². The predicted octanol–water partition coefficient (Wildman–Crippen LogP) is 1.21. The van der Waals surface area contributed by atoms with Crippen molar-refractivity contribution in [2.45, 2.75) is 51.0 Å². The summed E-state index contributed by atoms with van der Waals surface area (Å²) in [6.07, 6.45) is 4.86. The number of nitrogens with zero attached hydrogens (tertiary/aromatic N) is 3. The maximum absolute atomic E-state index is 12.1. The van der Waals surface area contributed by atoms with E-state index in [4.69, 9.17) is 4.74 Å². The number of hydrogen-bond acceptors (Lipinski definition) is 4. The second kappa shape index (κ2) is 3.82. The van der Waals surface area contributed by atoms with Crippen molar-refractivity contribution in [1.29, 1.82) is 0 Å². The van der Waals surface area contributed by atoms with Crippen LogP contribution < -0.4 is 0 Å². The van der Waals surface area contributed by atoms with E-state index in [0.29, 0.717) is 6.61 Å². The summed E-state index contributed by atoms with van der Waals surface area (Å²) in [4.78, 5) is 12.1. The predicted molar refractivity (Wildman–Crippen MR) is 60.5 cm³/mol. The normalized spacial score (nSPS) is 20.8. The summed E-state index contributed by atoms with van der Waals surface area (Å²) in [6.45, 7) is 3.22. The average molecular weight is 235 g/mol. The van der Waals surface area contributed by atoms with Gasteiger partial charge >= 0.3 is 5.97 Å². The average Bonchev–Trinajstić information content (AvgIpc) is 2.80. The molecule has 0 saturated heterocycles. The molecular weight excluding hydrogens is 218 g/mol. The van der Waals surface area contributed by atoms with Crippen molar-refractivity contribution in [3.05, 3.63) is 11.6 Å². The van der Waals surface area contributed by atoms with Crippen molar-refractivity contribution in [1.82, 2.24) is 14.8 Å². The fraction of sp³-hybridized carbons (Fsp3) is 0.750. The SMILES string of the molecule is CCOC(=O)C1(c2nnc3n2CCC3)CCC1. The lowest BCUT2D eigenvalue weighted by molar-refractivity contribution is -0.154. The number of hydrogen-bond donors (Lipinski definition) is 0. The summed E-state index contributed by atoms with van der Waals surface area (Å²) in [6, 6.07) is 0. The van der Waals surface area contributed by atoms with Gasteiger partial charge in [0.1, 0.15) is 11.2 Å². The van der Waals surface area contributed by atoms with Crippen LogP contribution in [0, 0.1) is 0 Å². The lowest BCUT2D eigenvalue weighted by atomic mass is 9.68. The molecule has 1 aromatic heterocycles. The van der Waals surface area contributed by atoms with E-state index in [2.05, 4.69) is 14.8 Å². The zero-order valence-electron chi connectivity index (χ0n) is 10.1. The molecule has 1 aliphatic carbocycles. The third-order valence-electron chi connectivity index (χ3n) is 3.91. The molecule has 0 aromatic carbocycles. The molecule has 17 heavy (non-hydrogen) atoms. The summed E-state index contributed by atoms with van der Waals surface area (Å²) < 4.78 is 7.33. The molecule has 0 N–H and O–H groups in total. The van der Waals surface area contributed by atoms with Crippen molar-refractivity contribution < 1.29 is 9.53 Å². The highest BCUT2D eigenvalue weighted by Crippen LogP contribution is 2.44. The molecule has 2 heterocycles. The lowest BCUT2D eigenvalue weighted by Gasteiger charge is -2.37. The van der Waals surface area contributed by atoms with Crippen LogP contribution in [0.2, 0.25) is 0 Å². The van der Waals surface area contributed by atoms with Crippen molar-refractivity contribution in [3.8, 4) is 0 Å². The van der Waals surface area contributed by atoms with Gasteiger partial charge in [-0.25, -0.2) is 0 Å². The van der Waals surface area contributed by atoms with E-state index >= 15 is 0 Å². The first-order valence-corrected chi connectivity index (χ1v) is 6.38. The van der Waals surface area contributed by atoms with Gasteiger partial charge in [0.05, 0.1) is 6.61 Å². The smallest absolute Gasteiger partial charge is 0.319 e. The molecule has 0 amide bonds. The Bertz CT molecular complexity index is 449. The number of rotatable bonds is 3. The maximum atomic E-state index is 12.1. The van der Waals surface area contributed by atoms with Crippen LogP contribution in [-0.2, 0) is 27.9 Å². The van der Waals surface area contributed by atoms with Crippen LogP contribution in [0.25, 0.3) is 0 Å². The Hall–Kier alpha value is -1.39. The molecule has 0 unspecified atom stereocenters. The van der Waals surface area contributed by atoms with Crippen molar-refractivity contribution in [3.63, 3.8) is 0 Å². The molecule has 5 nitrogen and oxygen atoms in total. The molecule has 1 fully saturated rings. The minimum atomic E-state index is -0.494. The number of esters is 1. The maximum Gasteiger partial charge on any atom is 0.319 e. The molecule has 0 spiro atoms. The molecule has 2 aliphatic rings. The second-order valence-corrected chi connectivity index (χ2v) is 4.85. The van der Waals surface area contributed by atoms with E-state index in [1.54, 1.807) is 0 Å². The van der Waals surface area contributed by atoms with Gasteiger partial charge in [-0.05, 0) is 26.2 Å². The van der Waals surface area contributed by atoms with E-state index in [1.807, 2.05) is 6.92 Å². The number of carbonyl (C=O) groups excluding carboxylic acids is 1. The molecule has 0 atom stereocenters. The number of fused-ring (bicyclic) bond motifs is 1. The monoisotopic (exact) mass is 235 g/mol.